The van der Waals surface area contributed by atoms with Crippen LogP contribution in [0.3, 0.4) is 0 Å². The van der Waals surface area contributed by atoms with Crippen LogP contribution < -0.4 is 5.32 Å². The van der Waals surface area contributed by atoms with Crippen LogP contribution in [0, 0.1) is 0 Å². The molecule has 132 valence electrons. The first-order valence-corrected chi connectivity index (χ1v) is 10.6. The van der Waals surface area contributed by atoms with E-state index >= 15 is 0 Å². The van der Waals surface area contributed by atoms with Crippen molar-refractivity contribution in [3.63, 3.8) is 0 Å². The molecule has 0 saturated carbocycles. The Balaban J connectivity index is 2.17. The number of nitrogens with zero attached hydrogens (tertiary/aromatic N) is 1. The maximum Gasteiger partial charge on any atom is 0.0768 e. The lowest BCUT2D eigenvalue weighted by molar-refractivity contribution is 1.31. The van der Waals surface area contributed by atoms with Gasteiger partial charge in [0.15, 0.2) is 0 Å². The van der Waals surface area contributed by atoms with E-state index in [4.69, 9.17) is 4.99 Å². The predicted molar refractivity (Wildman–Crippen MR) is 116 cm³/mol. The Morgan fingerprint density at radius 3 is 2.24 bits per heavy atom. The number of rotatable bonds is 8. The van der Waals surface area contributed by atoms with Gasteiger partial charge in [-0.2, -0.15) is 0 Å². The van der Waals surface area contributed by atoms with Crippen molar-refractivity contribution in [3.05, 3.63) is 60.3 Å². The van der Waals surface area contributed by atoms with Crippen LogP contribution in [0.5, 0.6) is 0 Å². The fraction of sp³-hybridized carbons (Fsp3) is 0.286. The molecule has 0 bridgehead atoms. The zero-order valence-electron chi connectivity index (χ0n) is 15.4. The Hall–Kier alpha value is -1.65. The molecular formula is C21H26N2S2. The zero-order chi connectivity index (χ0) is 18.1. The molecule has 0 aliphatic carbocycles. The van der Waals surface area contributed by atoms with Gasteiger partial charge in [-0.15, -0.1) is 23.5 Å². The van der Waals surface area contributed by atoms with Gasteiger partial charge < -0.3 is 5.32 Å². The standard InChI is InChI=1S/C21H26N2S2/c1-5-24-20-13-9-7-11-18(20)22-16(3)15-17(4)23-19-12-8-10-14-21(19)25-6-2/h7-15,22H,5-6H2,1-4H3. The number of nitrogens with one attached hydrogen (secondary N) is 1. The third kappa shape index (κ3) is 6.29. The highest BCUT2D eigenvalue weighted by Crippen LogP contribution is 2.30. The predicted octanol–water partition coefficient (Wildman–Crippen LogP) is 7.02. The number of benzene rings is 2. The molecule has 0 aliphatic heterocycles. The highest BCUT2D eigenvalue weighted by molar-refractivity contribution is 7.99. The summed E-state index contributed by atoms with van der Waals surface area (Å²) in [6, 6.07) is 16.7. The van der Waals surface area contributed by atoms with Crippen LogP contribution in [0.4, 0.5) is 11.4 Å². The third-order valence-corrected chi connectivity index (χ3v) is 5.31. The summed E-state index contributed by atoms with van der Waals surface area (Å²) in [6.45, 7) is 8.47. The molecule has 4 heteroatoms. The Morgan fingerprint density at radius 2 is 1.52 bits per heavy atom. The van der Waals surface area contributed by atoms with Crippen LogP contribution >= 0.6 is 23.5 Å². The first kappa shape index (κ1) is 19.7. The van der Waals surface area contributed by atoms with Crippen molar-refractivity contribution in [3.8, 4) is 0 Å². The average Bonchev–Trinajstić information content (AvgIpc) is 2.58. The quantitative estimate of drug-likeness (QED) is 0.399. The minimum Gasteiger partial charge on any atom is -0.358 e. The molecule has 2 nitrogen and oxygen atoms in total. The summed E-state index contributed by atoms with van der Waals surface area (Å²) in [5.41, 5.74) is 4.27. The molecular weight excluding hydrogens is 344 g/mol. The topological polar surface area (TPSA) is 24.4 Å². The van der Waals surface area contributed by atoms with E-state index in [0.717, 1.165) is 34.3 Å². The van der Waals surface area contributed by atoms with Gasteiger partial charge in [-0.3, -0.25) is 4.99 Å². The molecule has 0 heterocycles. The molecule has 0 aliphatic rings. The van der Waals surface area contributed by atoms with Gasteiger partial charge in [-0.1, -0.05) is 38.1 Å². The Kier molecular flexibility index (Phi) is 8.16. The summed E-state index contributed by atoms with van der Waals surface area (Å²) >= 11 is 3.68. The second-order valence-electron chi connectivity index (χ2n) is 5.54. The minimum atomic E-state index is 0.995. The molecule has 25 heavy (non-hydrogen) atoms. The SMILES string of the molecule is CCSc1ccccc1N=C(C)C=C(C)Nc1ccccc1SCC. The Bertz CT molecular complexity index is 751. The van der Waals surface area contributed by atoms with Crippen LogP contribution in [-0.2, 0) is 0 Å². The van der Waals surface area contributed by atoms with Gasteiger partial charge in [0.25, 0.3) is 0 Å². The zero-order valence-corrected chi connectivity index (χ0v) is 17.0. The molecule has 1 N–H and O–H groups in total. The smallest absolute Gasteiger partial charge is 0.0768 e. The summed E-state index contributed by atoms with van der Waals surface area (Å²) in [6.07, 6.45) is 2.10. The normalized spacial score (nSPS) is 12.3. The second-order valence-corrected chi connectivity index (χ2v) is 8.15. The van der Waals surface area contributed by atoms with E-state index in [1.165, 1.54) is 9.79 Å². The van der Waals surface area contributed by atoms with E-state index in [0.29, 0.717) is 0 Å². The lowest BCUT2D eigenvalue weighted by Gasteiger charge is -2.11. The Labute approximate surface area is 160 Å². The summed E-state index contributed by atoms with van der Waals surface area (Å²) in [7, 11) is 0. The second kappa shape index (κ2) is 10.4. The van der Waals surface area contributed by atoms with Crippen molar-refractivity contribution in [1.82, 2.24) is 0 Å². The molecule has 0 fully saturated rings. The van der Waals surface area contributed by atoms with Crippen LogP contribution in [0.15, 0.2) is 75.1 Å². The number of aliphatic imine (C=N–C) groups is 1. The molecule has 2 aromatic carbocycles. The summed E-state index contributed by atoms with van der Waals surface area (Å²) < 4.78 is 0. The molecule has 2 aromatic rings. The first-order valence-electron chi connectivity index (χ1n) is 8.58. The van der Waals surface area contributed by atoms with Gasteiger partial charge in [0.05, 0.1) is 11.4 Å². The monoisotopic (exact) mass is 370 g/mol. The number of para-hydroxylation sites is 2. The van der Waals surface area contributed by atoms with Crippen molar-refractivity contribution in [2.45, 2.75) is 37.5 Å². The van der Waals surface area contributed by atoms with E-state index in [9.17, 15) is 0 Å². The van der Waals surface area contributed by atoms with Crippen LogP contribution in [0.25, 0.3) is 0 Å². The lowest BCUT2D eigenvalue weighted by atomic mass is 10.2. The van der Waals surface area contributed by atoms with Gasteiger partial charge in [-0.05, 0) is 55.7 Å². The van der Waals surface area contributed by atoms with Crippen molar-refractivity contribution in [2.24, 2.45) is 4.99 Å². The van der Waals surface area contributed by atoms with Gasteiger partial charge in [0.1, 0.15) is 0 Å². The molecule has 0 atom stereocenters. The van der Waals surface area contributed by atoms with Gasteiger partial charge in [0, 0.05) is 21.2 Å². The van der Waals surface area contributed by atoms with Crippen molar-refractivity contribution in [1.29, 1.82) is 0 Å². The van der Waals surface area contributed by atoms with Crippen LogP contribution in [-0.4, -0.2) is 17.2 Å². The van der Waals surface area contributed by atoms with E-state index < -0.39 is 0 Å². The molecule has 0 unspecified atom stereocenters. The van der Waals surface area contributed by atoms with Gasteiger partial charge in [0.2, 0.25) is 0 Å². The molecule has 0 spiro atoms. The molecule has 0 saturated heterocycles. The largest absolute Gasteiger partial charge is 0.358 e. The number of anilines is 1. The molecule has 0 aromatic heterocycles. The van der Waals surface area contributed by atoms with Crippen molar-refractivity contribution in [2.75, 3.05) is 16.8 Å². The number of thioether (sulfide) groups is 2. The maximum atomic E-state index is 4.79. The molecule has 2 rings (SSSR count). The van der Waals surface area contributed by atoms with Crippen molar-refractivity contribution >= 4 is 40.6 Å². The summed E-state index contributed by atoms with van der Waals surface area (Å²) in [4.78, 5) is 7.30. The third-order valence-electron chi connectivity index (χ3n) is 3.41. The van der Waals surface area contributed by atoms with E-state index in [1.54, 1.807) is 0 Å². The van der Waals surface area contributed by atoms with E-state index in [2.05, 4.69) is 74.6 Å². The van der Waals surface area contributed by atoms with E-state index in [1.807, 2.05) is 36.5 Å². The number of hydrogen-bond acceptors (Lipinski definition) is 4. The van der Waals surface area contributed by atoms with Crippen LogP contribution in [0.1, 0.15) is 27.7 Å². The molecule has 0 radical (unpaired) electrons. The van der Waals surface area contributed by atoms with Gasteiger partial charge in [-0.25, -0.2) is 0 Å². The van der Waals surface area contributed by atoms with Crippen molar-refractivity contribution < 1.29 is 0 Å². The minimum absolute atomic E-state index is 0.995. The summed E-state index contributed by atoms with van der Waals surface area (Å²) in [5, 5.41) is 3.51. The number of hydrogen-bond donors (Lipinski definition) is 1. The molecule has 0 amide bonds. The fourth-order valence-corrected chi connectivity index (χ4v) is 3.97. The maximum absolute atomic E-state index is 4.79. The van der Waals surface area contributed by atoms with Gasteiger partial charge >= 0.3 is 0 Å². The highest BCUT2D eigenvalue weighted by atomic mass is 32.2. The summed E-state index contributed by atoms with van der Waals surface area (Å²) in [5.74, 6) is 2.11. The van der Waals surface area contributed by atoms with E-state index in [-0.39, 0.29) is 0 Å². The van der Waals surface area contributed by atoms with Crippen LogP contribution in [0.2, 0.25) is 0 Å². The fourth-order valence-electron chi connectivity index (χ4n) is 2.46. The lowest BCUT2D eigenvalue weighted by Crippen LogP contribution is -1.99. The first-order chi connectivity index (χ1) is 12.1. The number of allylic oxidation sites excluding steroid dienone is 2. The highest BCUT2D eigenvalue weighted by Gasteiger charge is 2.03. The average molecular weight is 371 g/mol. The Morgan fingerprint density at radius 1 is 0.920 bits per heavy atom.